The summed E-state index contributed by atoms with van der Waals surface area (Å²) in [6.45, 7) is 3.54. The number of aromatic amines is 1. The van der Waals surface area contributed by atoms with Crippen LogP contribution in [0.5, 0.6) is 17.2 Å². The van der Waals surface area contributed by atoms with E-state index in [2.05, 4.69) is 9.88 Å². The van der Waals surface area contributed by atoms with Gasteiger partial charge < -0.3 is 29.2 Å². The van der Waals surface area contributed by atoms with Crippen LogP contribution in [0.2, 0.25) is 0 Å². The SMILES string of the molecule is COc1ccccc1OCC1CCN(CC(O)COc2cccc3[nH]ccc23)CC1. The molecule has 1 aliphatic heterocycles. The molecular weight excluding hydrogens is 380 g/mol. The largest absolute Gasteiger partial charge is 0.493 e. The second-order valence-electron chi connectivity index (χ2n) is 7.87. The average molecular weight is 411 g/mol. The van der Waals surface area contributed by atoms with E-state index in [-0.39, 0.29) is 0 Å². The second kappa shape index (κ2) is 9.87. The van der Waals surface area contributed by atoms with E-state index in [4.69, 9.17) is 14.2 Å². The topological polar surface area (TPSA) is 67.0 Å². The molecule has 160 valence electrons. The first kappa shape index (κ1) is 20.6. The van der Waals surface area contributed by atoms with Gasteiger partial charge >= 0.3 is 0 Å². The van der Waals surface area contributed by atoms with Crippen molar-refractivity contribution < 1.29 is 19.3 Å². The van der Waals surface area contributed by atoms with Crippen molar-refractivity contribution in [1.29, 1.82) is 0 Å². The van der Waals surface area contributed by atoms with Crippen LogP contribution in [0, 0.1) is 5.92 Å². The number of hydrogen-bond acceptors (Lipinski definition) is 5. The van der Waals surface area contributed by atoms with Crippen LogP contribution in [0.15, 0.2) is 54.7 Å². The number of methoxy groups -OCH3 is 1. The number of benzene rings is 2. The zero-order chi connectivity index (χ0) is 20.8. The first-order valence-corrected chi connectivity index (χ1v) is 10.6. The summed E-state index contributed by atoms with van der Waals surface area (Å²) in [5.41, 5.74) is 1.04. The third kappa shape index (κ3) is 5.07. The number of para-hydroxylation sites is 2. The number of nitrogens with one attached hydrogen (secondary N) is 1. The number of H-pyrrole nitrogens is 1. The maximum Gasteiger partial charge on any atom is 0.161 e. The molecule has 1 aromatic heterocycles. The van der Waals surface area contributed by atoms with Crippen LogP contribution in [0.25, 0.3) is 10.9 Å². The molecule has 1 atom stereocenters. The predicted octanol–water partition coefficient (Wildman–Crippen LogP) is 3.71. The summed E-state index contributed by atoms with van der Waals surface area (Å²) in [7, 11) is 1.66. The van der Waals surface area contributed by atoms with Crippen LogP contribution in [0.3, 0.4) is 0 Å². The van der Waals surface area contributed by atoms with Crippen LogP contribution in [-0.2, 0) is 0 Å². The van der Waals surface area contributed by atoms with Crippen molar-refractivity contribution >= 4 is 10.9 Å². The summed E-state index contributed by atoms with van der Waals surface area (Å²) in [4.78, 5) is 5.49. The molecule has 3 aromatic rings. The number of likely N-dealkylation sites (tertiary alicyclic amines) is 1. The lowest BCUT2D eigenvalue weighted by Crippen LogP contribution is -2.41. The Morgan fingerprint density at radius 2 is 1.77 bits per heavy atom. The summed E-state index contributed by atoms with van der Waals surface area (Å²) in [6.07, 6.45) is 3.51. The van der Waals surface area contributed by atoms with Crippen molar-refractivity contribution in [2.75, 3.05) is 40.0 Å². The zero-order valence-corrected chi connectivity index (χ0v) is 17.4. The molecule has 0 bridgehead atoms. The van der Waals surface area contributed by atoms with Crippen molar-refractivity contribution in [2.45, 2.75) is 18.9 Å². The van der Waals surface area contributed by atoms with Gasteiger partial charge in [-0.05, 0) is 62.2 Å². The Morgan fingerprint density at radius 3 is 2.57 bits per heavy atom. The van der Waals surface area contributed by atoms with Gasteiger partial charge in [-0.15, -0.1) is 0 Å². The Kier molecular flexibility index (Phi) is 6.77. The maximum absolute atomic E-state index is 10.4. The first-order chi connectivity index (χ1) is 14.7. The molecule has 0 saturated carbocycles. The van der Waals surface area contributed by atoms with E-state index in [1.165, 1.54) is 0 Å². The summed E-state index contributed by atoms with van der Waals surface area (Å²) in [6, 6.07) is 15.7. The lowest BCUT2D eigenvalue weighted by Gasteiger charge is -2.33. The van der Waals surface area contributed by atoms with Gasteiger partial charge in [-0.3, -0.25) is 0 Å². The van der Waals surface area contributed by atoms with E-state index in [1.807, 2.05) is 54.7 Å². The van der Waals surface area contributed by atoms with E-state index in [1.54, 1.807) is 7.11 Å². The van der Waals surface area contributed by atoms with Gasteiger partial charge in [-0.1, -0.05) is 18.2 Å². The second-order valence-corrected chi connectivity index (χ2v) is 7.87. The van der Waals surface area contributed by atoms with Crippen molar-refractivity contribution in [3.63, 3.8) is 0 Å². The Labute approximate surface area is 177 Å². The fourth-order valence-corrected chi connectivity index (χ4v) is 4.00. The number of fused-ring (bicyclic) bond motifs is 1. The molecule has 6 nitrogen and oxygen atoms in total. The first-order valence-electron chi connectivity index (χ1n) is 10.6. The summed E-state index contributed by atoms with van der Waals surface area (Å²) < 4.78 is 17.2. The molecule has 2 aromatic carbocycles. The minimum Gasteiger partial charge on any atom is -0.493 e. The van der Waals surface area contributed by atoms with Gasteiger partial charge in [0, 0.05) is 23.6 Å². The molecule has 0 amide bonds. The zero-order valence-electron chi connectivity index (χ0n) is 17.4. The Morgan fingerprint density at radius 1 is 1.00 bits per heavy atom. The molecule has 1 fully saturated rings. The molecule has 2 heterocycles. The number of aromatic nitrogens is 1. The van der Waals surface area contributed by atoms with E-state index >= 15 is 0 Å². The fourth-order valence-electron chi connectivity index (χ4n) is 4.00. The van der Waals surface area contributed by atoms with Crippen molar-refractivity contribution in [3.05, 3.63) is 54.7 Å². The lowest BCUT2D eigenvalue weighted by atomic mass is 9.97. The predicted molar refractivity (Wildman–Crippen MR) is 117 cm³/mol. The number of aliphatic hydroxyl groups is 1. The highest BCUT2D eigenvalue weighted by Crippen LogP contribution is 2.28. The van der Waals surface area contributed by atoms with E-state index in [0.29, 0.717) is 25.7 Å². The molecule has 2 N–H and O–H groups in total. The summed E-state index contributed by atoms with van der Waals surface area (Å²) in [5, 5.41) is 11.5. The number of hydrogen-bond donors (Lipinski definition) is 2. The molecular formula is C24H30N2O4. The smallest absolute Gasteiger partial charge is 0.161 e. The normalized spacial score (nSPS) is 16.5. The Hall–Kier alpha value is -2.70. The van der Waals surface area contributed by atoms with Crippen molar-refractivity contribution in [3.8, 4) is 17.2 Å². The standard InChI is InChI=1S/C24H30N2O4/c1-28-23-6-2-3-7-24(23)29-16-18-10-13-26(14-11-18)15-19(27)17-30-22-8-4-5-21-20(22)9-12-25-21/h2-9,12,18-19,25,27H,10-11,13-17H2,1H3. The minimum absolute atomic E-state index is 0.293. The molecule has 0 spiro atoms. The van der Waals surface area contributed by atoms with Crippen molar-refractivity contribution in [2.24, 2.45) is 5.92 Å². The number of aliphatic hydroxyl groups excluding tert-OH is 1. The van der Waals surface area contributed by atoms with Crippen LogP contribution in [0.4, 0.5) is 0 Å². The van der Waals surface area contributed by atoms with Crippen LogP contribution >= 0.6 is 0 Å². The highest BCUT2D eigenvalue weighted by Gasteiger charge is 2.22. The average Bonchev–Trinajstić information content (AvgIpc) is 3.27. The van der Waals surface area contributed by atoms with Gasteiger partial charge in [-0.2, -0.15) is 0 Å². The Balaban J connectivity index is 1.18. The number of β-amino-alcohol motifs (C(OH)–C–C–N with tert-alkyl or cyclic N) is 1. The minimum atomic E-state index is -0.513. The van der Waals surface area contributed by atoms with E-state index in [0.717, 1.165) is 54.1 Å². The molecule has 1 aliphatic rings. The summed E-state index contributed by atoms with van der Waals surface area (Å²) in [5.74, 6) is 2.89. The van der Waals surface area contributed by atoms with Crippen LogP contribution in [-0.4, -0.2) is 61.1 Å². The monoisotopic (exact) mass is 410 g/mol. The van der Waals surface area contributed by atoms with Gasteiger partial charge in [0.1, 0.15) is 18.5 Å². The molecule has 1 unspecified atom stereocenters. The third-order valence-electron chi connectivity index (χ3n) is 5.71. The van der Waals surface area contributed by atoms with Crippen LogP contribution < -0.4 is 14.2 Å². The Bertz CT molecular complexity index is 934. The van der Waals surface area contributed by atoms with Gasteiger partial charge in [-0.25, -0.2) is 0 Å². The van der Waals surface area contributed by atoms with E-state index in [9.17, 15) is 5.11 Å². The van der Waals surface area contributed by atoms with Crippen molar-refractivity contribution in [1.82, 2.24) is 9.88 Å². The third-order valence-corrected chi connectivity index (χ3v) is 5.71. The van der Waals surface area contributed by atoms with Crippen LogP contribution in [0.1, 0.15) is 12.8 Å². The molecule has 0 radical (unpaired) electrons. The fraction of sp³-hybridized carbons (Fsp3) is 0.417. The summed E-state index contributed by atoms with van der Waals surface area (Å²) >= 11 is 0. The van der Waals surface area contributed by atoms with Gasteiger partial charge in [0.05, 0.1) is 13.7 Å². The number of rotatable bonds is 9. The molecule has 6 heteroatoms. The maximum atomic E-state index is 10.4. The quantitative estimate of drug-likeness (QED) is 0.563. The molecule has 0 aliphatic carbocycles. The lowest BCUT2D eigenvalue weighted by molar-refractivity contribution is 0.0505. The number of piperidine rings is 1. The highest BCUT2D eigenvalue weighted by atomic mass is 16.5. The molecule has 30 heavy (non-hydrogen) atoms. The van der Waals surface area contributed by atoms with Gasteiger partial charge in [0.15, 0.2) is 11.5 Å². The number of ether oxygens (including phenoxy) is 3. The van der Waals surface area contributed by atoms with Gasteiger partial charge in [0.2, 0.25) is 0 Å². The van der Waals surface area contributed by atoms with E-state index < -0.39 is 6.10 Å². The highest BCUT2D eigenvalue weighted by molar-refractivity contribution is 5.85. The molecule has 4 rings (SSSR count). The number of nitrogens with zero attached hydrogens (tertiary/aromatic N) is 1. The van der Waals surface area contributed by atoms with Gasteiger partial charge in [0.25, 0.3) is 0 Å². The molecule has 1 saturated heterocycles.